The Hall–Kier alpha value is -1.88. The summed E-state index contributed by atoms with van der Waals surface area (Å²) in [6.07, 6.45) is 2.17. The number of carbonyl (C=O) groups is 1. The van der Waals surface area contributed by atoms with Gasteiger partial charge in [-0.25, -0.2) is 4.98 Å². The van der Waals surface area contributed by atoms with E-state index in [1.54, 1.807) is 11.3 Å². The molecule has 2 aromatic rings. The van der Waals surface area contributed by atoms with Crippen molar-refractivity contribution in [3.63, 3.8) is 0 Å². The Kier molecular flexibility index (Phi) is 3.94. The van der Waals surface area contributed by atoms with Crippen LogP contribution in [0.3, 0.4) is 0 Å². The van der Waals surface area contributed by atoms with E-state index in [2.05, 4.69) is 10.3 Å². The van der Waals surface area contributed by atoms with Gasteiger partial charge >= 0.3 is 0 Å². The van der Waals surface area contributed by atoms with Crippen molar-refractivity contribution in [3.05, 3.63) is 45.9 Å². The summed E-state index contributed by atoms with van der Waals surface area (Å²) in [4.78, 5) is 16.2. The van der Waals surface area contributed by atoms with Gasteiger partial charge in [0.1, 0.15) is 0 Å². The molecule has 1 aromatic heterocycles. The molecule has 0 atom stereocenters. The van der Waals surface area contributed by atoms with Crippen LogP contribution < -0.4 is 11.1 Å². The highest BCUT2D eigenvalue weighted by Crippen LogP contribution is 2.15. The van der Waals surface area contributed by atoms with Crippen molar-refractivity contribution in [3.8, 4) is 0 Å². The highest BCUT2D eigenvalue weighted by Gasteiger charge is 2.00. The fourth-order valence-electron chi connectivity index (χ4n) is 1.62. The molecule has 0 bridgehead atoms. The first kappa shape index (κ1) is 12.6. The number of hydrogen-bond acceptors (Lipinski definition) is 4. The molecular weight excluding hydrogens is 246 g/mol. The maximum absolute atomic E-state index is 10.8. The van der Waals surface area contributed by atoms with Crippen LogP contribution in [0, 0.1) is 6.92 Å². The van der Waals surface area contributed by atoms with E-state index in [1.807, 2.05) is 37.4 Å². The summed E-state index contributed by atoms with van der Waals surface area (Å²) in [5.41, 5.74) is 7.09. The zero-order chi connectivity index (χ0) is 13.0. The largest absolute Gasteiger partial charge is 0.380 e. The molecule has 0 fully saturated rings. The quantitative estimate of drug-likeness (QED) is 0.866. The summed E-state index contributed by atoms with van der Waals surface area (Å²) in [7, 11) is 0. The van der Waals surface area contributed by atoms with Crippen molar-refractivity contribution < 1.29 is 4.79 Å². The minimum atomic E-state index is -0.309. The lowest BCUT2D eigenvalue weighted by molar-refractivity contribution is -0.117. The van der Waals surface area contributed by atoms with Gasteiger partial charge in [-0.2, -0.15) is 0 Å². The lowest BCUT2D eigenvalue weighted by Crippen LogP contribution is -2.13. The molecule has 0 aliphatic carbocycles. The molecule has 0 aliphatic heterocycles. The summed E-state index contributed by atoms with van der Waals surface area (Å²) in [5, 5.41) is 4.38. The number of anilines is 1. The van der Waals surface area contributed by atoms with E-state index in [0.29, 0.717) is 0 Å². The van der Waals surface area contributed by atoms with E-state index in [9.17, 15) is 4.79 Å². The molecule has 5 heteroatoms. The van der Waals surface area contributed by atoms with Crippen molar-refractivity contribution in [1.29, 1.82) is 0 Å². The molecule has 0 spiro atoms. The van der Waals surface area contributed by atoms with Crippen LogP contribution in [0.2, 0.25) is 0 Å². The maximum Gasteiger partial charge on any atom is 0.221 e. The third-order valence-electron chi connectivity index (χ3n) is 2.47. The van der Waals surface area contributed by atoms with E-state index in [1.165, 1.54) is 4.88 Å². The Labute approximate surface area is 110 Å². The second kappa shape index (κ2) is 5.64. The minimum Gasteiger partial charge on any atom is -0.380 e. The summed E-state index contributed by atoms with van der Waals surface area (Å²) in [5.74, 6) is -0.309. The molecule has 1 heterocycles. The van der Waals surface area contributed by atoms with E-state index < -0.39 is 0 Å². The average molecular weight is 261 g/mol. The van der Waals surface area contributed by atoms with E-state index in [4.69, 9.17) is 5.73 Å². The van der Waals surface area contributed by atoms with Gasteiger partial charge < -0.3 is 11.1 Å². The molecule has 1 amide bonds. The molecule has 0 saturated heterocycles. The van der Waals surface area contributed by atoms with Gasteiger partial charge in [-0.05, 0) is 24.6 Å². The summed E-state index contributed by atoms with van der Waals surface area (Å²) < 4.78 is 0. The number of benzene rings is 1. The molecule has 0 saturated carbocycles. The zero-order valence-electron chi connectivity index (χ0n) is 10.1. The number of nitrogens with zero attached hydrogens (tertiary/aromatic N) is 1. The Morgan fingerprint density at radius 3 is 2.67 bits per heavy atom. The van der Waals surface area contributed by atoms with Crippen LogP contribution in [0.25, 0.3) is 0 Å². The number of amides is 1. The molecule has 94 valence electrons. The topological polar surface area (TPSA) is 68.0 Å². The Morgan fingerprint density at radius 2 is 2.11 bits per heavy atom. The summed E-state index contributed by atoms with van der Waals surface area (Å²) in [6, 6.07) is 7.72. The van der Waals surface area contributed by atoms with Gasteiger partial charge in [0.25, 0.3) is 0 Å². The zero-order valence-corrected chi connectivity index (χ0v) is 11.0. The highest BCUT2D eigenvalue weighted by atomic mass is 32.1. The standard InChI is InChI=1S/C13H15N3OS/c1-9-15-7-12(18-9)8-16-11-4-2-10(3-5-11)6-13(14)17/h2-5,7,16H,6,8H2,1H3,(H2,14,17). The van der Waals surface area contributed by atoms with Crippen LogP contribution in [-0.2, 0) is 17.8 Å². The predicted molar refractivity (Wildman–Crippen MR) is 73.5 cm³/mol. The number of aromatic nitrogens is 1. The average Bonchev–Trinajstić information content (AvgIpc) is 2.74. The first-order chi connectivity index (χ1) is 8.63. The smallest absolute Gasteiger partial charge is 0.221 e. The Bertz CT molecular complexity index is 533. The summed E-state index contributed by atoms with van der Waals surface area (Å²) >= 11 is 1.68. The van der Waals surface area contributed by atoms with Crippen LogP contribution in [-0.4, -0.2) is 10.9 Å². The lowest BCUT2D eigenvalue weighted by Gasteiger charge is -2.05. The number of nitrogens with two attached hydrogens (primary N) is 1. The van der Waals surface area contributed by atoms with Crippen molar-refractivity contribution >= 4 is 22.9 Å². The first-order valence-corrected chi connectivity index (χ1v) is 6.47. The van der Waals surface area contributed by atoms with E-state index >= 15 is 0 Å². The molecular formula is C13H15N3OS. The third-order valence-corrected chi connectivity index (χ3v) is 3.38. The van der Waals surface area contributed by atoms with Gasteiger partial charge in [0.05, 0.1) is 18.0 Å². The SMILES string of the molecule is Cc1ncc(CNc2ccc(CC(N)=O)cc2)s1. The van der Waals surface area contributed by atoms with E-state index in [-0.39, 0.29) is 12.3 Å². The molecule has 2 rings (SSSR count). The molecule has 0 aliphatic rings. The third kappa shape index (κ3) is 3.56. The van der Waals surface area contributed by atoms with Crippen molar-refractivity contribution in [2.45, 2.75) is 19.9 Å². The molecule has 4 nitrogen and oxygen atoms in total. The Morgan fingerprint density at radius 1 is 1.39 bits per heavy atom. The number of nitrogens with one attached hydrogen (secondary N) is 1. The van der Waals surface area contributed by atoms with Gasteiger partial charge in [0, 0.05) is 16.8 Å². The number of primary amides is 1. The predicted octanol–water partition coefficient (Wildman–Crippen LogP) is 2.09. The number of carbonyl (C=O) groups excluding carboxylic acids is 1. The highest BCUT2D eigenvalue weighted by molar-refractivity contribution is 7.11. The monoisotopic (exact) mass is 261 g/mol. The molecule has 0 unspecified atom stereocenters. The van der Waals surface area contributed by atoms with Gasteiger partial charge in [0.2, 0.25) is 5.91 Å². The lowest BCUT2D eigenvalue weighted by atomic mass is 10.1. The van der Waals surface area contributed by atoms with Gasteiger partial charge in [-0.1, -0.05) is 12.1 Å². The normalized spacial score (nSPS) is 10.3. The molecule has 3 N–H and O–H groups in total. The van der Waals surface area contributed by atoms with Crippen LogP contribution in [0.5, 0.6) is 0 Å². The van der Waals surface area contributed by atoms with Gasteiger partial charge in [0.15, 0.2) is 0 Å². The minimum absolute atomic E-state index is 0.286. The Balaban J connectivity index is 1.92. The maximum atomic E-state index is 10.8. The van der Waals surface area contributed by atoms with Crippen LogP contribution in [0.4, 0.5) is 5.69 Å². The van der Waals surface area contributed by atoms with E-state index in [0.717, 1.165) is 22.8 Å². The second-order valence-electron chi connectivity index (χ2n) is 4.04. The summed E-state index contributed by atoms with van der Waals surface area (Å²) in [6.45, 7) is 2.76. The van der Waals surface area contributed by atoms with Crippen LogP contribution >= 0.6 is 11.3 Å². The van der Waals surface area contributed by atoms with Crippen molar-refractivity contribution in [1.82, 2.24) is 4.98 Å². The molecule has 18 heavy (non-hydrogen) atoms. The fraction of sp³-hybridized carbons (Fsp3) is 0.231. The number of aryl methyl sites for hydroxylation is 1. The first-order valence-electron chi connectivity index (χ1n) is 5.66. The van der Waals surface area contributed by atoms with Gasteiger partial charge in [-0.15, -0.1) is 11.3 Å². The molecule has 1 aromatic carbocycles. The van der Waals surface area contributed by atoms with Crippen molar-refractivity contribution in [2.24, 2.45) is 5.73 Å². The van der Waals surface area contributed by atoms with Crippen molar-refractivity contribution in [2.75, 3.05) is 5.32 Å². The van der Waals surface area contributed by atoms with Gasteiger partial charge in [-0.3, -0.25) is 4.79 Å². The number of thiazole rings is 1. The number of rotatable bonds is 5. The van der Waals surface area contributed by atoms with Crippen LogP contribution in [0.15, 0.2) is 30.5 Å². The second-order valence-corrected chi connectivity index (χ2v) is 5.36. The van der Waals surface area contributed by atoms with Crippen LogP contribution in [0.1, 0.15) is 15.4 Å². The fourth-order valence-corrected chi connectivity index (χ4v) is 2.35. The number of hydrogen-bond donors (Lipinski definition) is 2. The molecule has 0 radical (unpaired) electrons.